The molecular formula is C12H20O6. The van der Waals surface area contributed by atoms with Gasteiger partial charge in [-0.2, -0.15) is 0 Å². The SMILES string of the molecule is CCOC(=O)C(OC(C)=O)C(C)(C)C(=O)OCC. The van der Waals surface area contributed by atoms with Gasteiger partial charge in [0, 0.05) is 6.92 Å². The van der Waals surface area contributed by atoms with Gasteiger partial charge in [0.1, 0.15) is 5.41 Å². The summed E-state index contributed by atoms with van der Waals surface area (Å²) in [6.07, 6.45) is -1.31. The van der Waals surface area contributed by atoms with Gasteiger partial charge in [-0.1, -0.05) is 0 Å². The molecule has 0 aliphatic heterocycles. The van der Waals surface area contributed by atoms with E-state index < -0.39 is 29.4 Å². The molecule has 0 radical (unpaired) electrons. The Kier molecular flexibility index (Phi) is 6.36. The van der Waals surface area contributed by atoms with Crippen LogP contribution in [0.5, 0.6) is 0 Å². The number of hydrogen-bond donors (Lipinski definition) is 0. The zero-order valence-electron chi connectivity index (χ0n) is 11.4. The first-order chi connectivity index (χ1) is 8.27. The van der Waals surface area contributed by atoms with Crippen molar-refractivity contribution in [1.29, 1.82) is 0 Å². The minimum Gasteiger partial charge on any atom is -0.465 e. The topological polar surface area (TPSA) is 78.9 Å². The Labute approximate surface area is 107 Å². The summed E-state index contributed by atoms with van der Waals surface area (Å²) in [5, 5.41) is 0. The first-order valence-electron chi connectivity index (χ1n) is 5.78. The molecule has 0 amide bonds. The Balaban J connectivity index is 5.09. The van der Waals surface area contributed by atoms with Crippen LogP contribution < -0.4 is 0 Å². The van der Waals surface area contributed by atoms with Gasteiger partial charge in [0.25, 0.3) is 0 Å². The van der Waals surface area contributed by atoms with Crippen LogP contribution >= 0.6 is 0 Å². The zero-order chi connectivity index (χ0) is 14.3. The van der Waals surface area contributed by atoms with E-state index in [1.807, 2.05) is 0 Å². The summed E-state index contributed by atoms with van der Waals surface area (Å²) >= 11 is 0. The summed E-state index contributed by atoms with van der Waals surface area (Å²) < 4.78 is 14.5. The van der Waals surface area contributed by atoms with Gasteiger partial charge in [0.15, 0.2) is 0 Å². The number of esters is 3. The average molecular weight is 260 g/mol. The molecule has 6 heteroatoms. The summed E-state index contributed by atoms with van der Waals surface area (Å²) in [5.74, 6) is -2.04. The molecule has 0 aliphatic rings. The largest absolute Gasteiger partial charge is 0.465 e. The Morgan fingerprint density at radius 2 is 1.56 bits per heavy atom. The second-order valence-electron chi connectivity index (χ2n) is 4.18. The second kappa shape index (κ2) is 6.98. The van der Waals surface area contributed by atoms with Gasteiger partial charge in [0.2, 0.25) is 6.10 Å². The van der Waals surface area contributed by atoms with Crippen LogP contribution in [0.1, 0.15) is 34.6 Å². The molecule has 0 saturated carbocycles. The van der Waals surface area contributed by atoms with Gasteiger partial charge in [0.05, 0.1) is 13.2 Å². The predicted octanol–water partition coefficient (Wildman–Crippen LogP) is 1.07. The summed E-state index contributed by atoms with van der Waals surface area (Å²) in [5.41, 5.74) is -1.30. The minimum atomic E-state index is -1.31. The third kappa shape index (κ3) is 4.35. The normalized spacial score (nSPS) is 12.5. The van der Waals surface area contributed by atoms with Crippen molar-refractivity contribution in [3.8, 4) is 0 Å². The molecule has 0 saturated heterocycles. The van der Waals surface area contributed by atoms with Crippen molar-refractivity contribution >= 4 is 17.9 Å². The van der Waals surface area contributed by atoms with E-state index in [1.54, 1.807) is 13.8 Å². The van der Waals surface area contributed by atoms with E-state index in [0.29, 0.717) is 0 Å². The molecule has 0 bridgehead atoms. The Morgan fingerprint density at radius 3 is 1.94 bits per heavy atom. The van der Waals surface area contributed by atoms with Crippen molar-refractivity contribution in [2.45, 2.75) is 40.7 Å². The van der Waals surface area contributed by atoms with Crippen LogP contribution in [0.2, 0.25) is 0 Å². The fourth-order valence-electron chi connectivity index (χ4n) is 1.30. The lowest BCUT2D eigenvalue weighted by molar-refractivity contribution is -0.183. The van der Waals surface area contributed by atoms with E-state index >= 15 is 0 Å². The monoisotopic (exact) mass is 260 g/mol. The predicted molar refractivity (Wildman–Crippen MR) is 62.6 cm³/mol. The highest BCUT2D eigenvalue weighted by Gasteiger charge is 2.46. The molecule has 0 aromatic rings. The second-order valence-corrected chi connectivity index (χ2v) is 4.18. The maximum atomic E-state index is 11.8. The summed E-state index contributed by atoms with van der Waals surface area (Å²) in [6.45, 7) is 7.69. The van der Waals surface area contributed by atoms with Crippen LogP contribution in [-0.2, 0) is 28.6 Å². The van der Waals surface area contributed by atoms with E-state index in [0.717, 1.165) is 6.92 Å². The molecule has 0 fully saturated rings. The summed E-state index contributed by atoms with van der Waals surface area (Å²) in [4.78, 5) is 34.5. The third-order valence-electron chi connectivity index (χ3n) is 2.24. The Hall–Kier alpha value is -1.59. The number of rotatable bonds is 6. The number of hydrogen-bond acceptors (Lipinski definition) is 6. The van der Waals surface area contributed by atoms with Gasteiger partial charge in [-0.15, -0.1) is 0 Å². The third-order valence-corrected chi connectivity index (χ3v) is 2.24. The lowest BCUT2D eigenvalue weighted by Gasteiger charge is -2.29. The van der Waals surface area contributed by atoms with Gasteiger partial charge in [-0.3, -0.25) is 9.59 Å². The molecule has 0 aromatic carbocycles. The lowest BCUT2D eigenvalue weighted by atomic mass is 9.86. The Bertz CT molecular complexity index is 321. The molecule has 0 spiro atoms. The standard InChI is InChI=1S/C12H20O6/c1-6-16-10(14)9(18-8(3)13)12(4,5)11(15)17-7-2/h9H,6-7H2,1-5H3. The van der Waals surface area contributed by atoms with Gasteiger partial charge >= 0.3 is 17.9 Å². The highest BCUT2D eigenvalue weighted by Crippen LogP contribution is 2.26. The van der Waals surface area contributed by atoms with Crippen molar-refractivity contribution < 1.29 is 28.6 Å². The zero-order valence-corrected chi connectivity index (χ0v) is 11.4. The molecule has 104 valence electrons. The highest BCUT2D eigenvalue weighted by atomic mass is 16.6. The van der Waals surface area contributed by atoms with E-state index in [2.05, 4.69) is 0 Å². The van der Waals surface area contributed by atoms with Gasteiger partial charge < -0.3 is 14.2 Å². The minimum absolute atomic E-state index is 0.134. The van der Waals surface area contributed by atoms with Crippen LogP contribution in [-0.4, -0.2) is 37.2 Å². The quantitative estimate of drug-likeness (QED) is 0.525. The summed E-state index contributed by atoms with van der Waals surface area (Å²) in [7, 11) is 0. The average Bonchev–Trinajstić information content (AvgIpc) is 2.26. The smallest absolute Gasteiger partial charge is 0.348 e. The fraction of sp³-hybridized carbons (Fsp3) is 0.750. The first-order valence-corrected chi connectivity index (χ1v) is 5.78. The fourth-order valence-corrected chi connectivity index (χ4v) is 1.30. The molecule has 0 rings (SSSR count). The molecule has 1 atom stereocenters. The van der Waals surface area contributed by atoms with Crippen LogP contribution in [0.3, 0.4) is 0 Å². The van der Waals surface area contributed by atoms with Crippen molar-refractivity contribution in [2.75, 3.05) is 13.2 Å². The van der Waals surface area contributed by atoms with Crippen molar-refractivity contribution in [1.82, 2.24) is 0 Å². The van der Waals surface area contributed by atoms with Crippen molar-refractivity contribution in [2.24, 2.45) is 5.41 Å². The molecule has 18 heavy (non-hydrogen) atoms. The maximum Gasteiger partial charge on any atom is 0.348 e. The van der Waals surface area contributed by atoms with Crippen molar-refractivity contribution in [3.05, 3.63) is 0 Å². The van der Waals surface area contributed by atoms with Gasteiger partial charge in [-0.05, 0) is 27.7 Å². The number of ether oxygens (including phenoxy) is 3. The number of carbonyl (C=O) groups excluding carboxylic acids is 3. The highest BCUT2D eigenvalue weighted by molar-refractivity contribution is 5.88. The molecule has 0 N–H and O–H groups in total. The molecule has 1 unspecified atom stereocenters. The summed E-state index contributed by atoms with van der Waals surface area (Å²) in [6, 6.07) is 0. The molecule has 0 heterocycles. The van der Waals surface area contributed by atoms with Crippen molar-refractivity contribution in [3.63, 3.8) is 0 Å². The molecular weight excluding hydrogens is 240 g/mol. The first kappa shape index (κ1) is 16.4. The number of carbonyl (C=O) groups is 3. The Morgan fingerprint density at radius 1 is 1.06 bits per heavy atom. The van der Waals surface area contributed by atoms with E-state index in [1.165, 1.54) is 13.8 Å². The van der Waals surface area contributed by atoms with Gasteiger partial charge in [-0.25, -0.2) is 4.79 Å². The lowest BCUT2D eigenvalue weighted by Crippen LogP contribution is -2.46. The molecule has 6 nitrogen and oxygen atoms in total. The van der Waals surface area contributed by atoms with E-state index in [4.69, 9.17) is 14.2 Å². The maximum absolute atomic E-state index is 11.8. The van der Waals surface area contributed by atoms with E-state index in [9.17, 15) is 14.4 Å². The van der Waals surface area contributed by atoms with Crippen LogP contribution in [0.4, 0.5) is 0 Å². The van der Waals surface area contributed by atoms with Crippen LogP contribution in [0.15, 0.2) is 0 Å². The van der Waals surface area contributed by atoms with Crippen LogP contribution in [0, 0.1) is 5.41 Å². The van der Waals surface area contributed by atoms with E-state index in [-0.39, 0.29) is 13.2 Å². The molecule has 0 aromatic heterocycles. The van der Waals surface area contributed by atoms with Crippen LogP contribution in [0.25, 0.3) is 0 Å². The molecule has 0 aliphatic carbocycles.